The van der Waals surface area contributed by atoms with Crippen LogP contribution in [-0.4, -0.2) is 12.1 Å². The molecule has 0 spiro atoms. The fraction of sp³-hybridized carbons (Fsp3) is 0.250. The average Bonchev–Trinajstić information content (AvgIpc) is 2.70. The van der Waals surface area contributed by atoms with Crippen molar-refractivity contribution in [2.45, 2.75) is 13.5 Å². The molecule has 0 aliphatic rings. The molecule has 2 N–H and O–H groups in total. The van der Waals surface area contributed by atoms with E-state index in [4.69, 9.17) is 10.5 Å². The molecule has 0 saturated heterocycles. The standard InChI is InChI=1S/C12H13FN2OS/c1-7-11(6-14)17-12(15-7)8-3-4-10(16-2)9(13)5-8/h3-5H,6,14H2,1-2H3. The van der Waals surface area contributed by atoms with Crippen LogP contribution in [0.4, 0.5) is 4.39 Å². The van der Waals surface area contributed by atoms with E-state index in [1.54, 1.807) is 12.1 Å². The maximum atomic E-state index is 13.6. The van der Waals surface area contributed by atoms with Crippen molar-refractivity contribution in [2.24, 2.45) is 5.73 Å². The van der Waals surface area contributed by atoms with E-state index in [0.717, 1.165) is 21.1 Å². The van der Waals surface area contributed by atoms with Crippen LogP contribution < -0.4 is 10.5 Å². The summed E-state index contributed by atoms with van der Waals surface area (Å²) >= 11 is 1.49. The first-order valence-electron chi connectivity index (χ1n) is 5.16. The molecule has 0 amide bonds. The lowest BCUT2D eigenvalue weighted by Gasteiger charge is -2.02. The third-order valence-corrected chi connectivity index (χ3v) is 3.71. The van der Waals surface area contributed by atoms with Crippen molar-refractivity contribution < 1.29 is 9.13 Å². The molecular formula is C12H13FN2OS. The first kappa shape index (κ1) is 12.0. The van der Waals surface area contributed by atoms with E-state index in [9.17, 15) is 4.39 Å². The summed E-state index contributed by atoms with van der Waals surface area (Å²) in [5.74, 6) is -0.145. The van der Waals surface area contributed by atoms with Gasteiger partial charge in [-0.1, -0.05) is 0 Å². The van der Waals surface area contributed by atoms with Gasteiger partial charge in [0.25, 0.3) is 0 Å². The van der Waals surface area contributed by atoms with Crippen LogP contribution in [0.25, 0.3) is 10.6 Å². The number of ether oxygens (including phenoxy) is 1. The molecular weight excluding hydrogens is 239 g/mol. The zero-order valence-corrected chi connectivity index (χ0v) is 10.5. The monoisotopic (exact) mass is 252 g/mol. The number of rotatable bonds is 3. The highest BCUT2D eigenvalue weighted by Crippen LogP contribution is 2.30. The van der Waals surface area contributed by atoms with Gasteiger partial charge in [0.05, 0.1) is 12.8 Å². The second kappa shape index (κ2) is 4.81. The molecule has 0 aliphatic heterocycles. The number of aryl methyl sites for hydroxylation is 1. The Kier molecular flexibility index (Phi) is 3.40. The molecule has 17 heavy (non-hydrogen) atoms. The highest BCUT2D eigenvalue weighted by molar-refractivity contribution is 7.15. The summed E-state index contributed by atoms with van der Waals surface area (Å²) in [6, 6.07) is 4.82. The summed E-state index contributed by atoms with van der Waals surface area (Å²) in [4.78, 5) is 5.40. The molecule has 90 valence electrons. The summed E-state index contributed by atoms with van der Waals surface area (Å²) in [5.41, 5.74) is 7.25. The van der Waals surface area contributed by atoms with E-state index in [1.807, 2.05) is 6.92 Å². The van der Waals surface area contributed by atoms with Gasteiger partial charge in [-0.15, -0.1) is 11.3 Å². The Morgan fingerprint density at radius 1 is 1.47 bits per heavy atom. The lowest BCUT2D eigenvalue weighted by Crippen LogP contribution is -1.94. The summed E-state index contributed by atoms with van der Waals surface area (Å²) in [6.07, 6.45) is 0. The largest absolute Gasteiger partial charge is 0.494 e. The van der Waals surface area contributed by atoms with Gasteiger partial charge in [0, 0.05) is 17.0 Å². The first-order chi connectivity index (χ1) is 8.15. The Hall–Kier alpha value is -1.46. The number of methoxy groups -OCH3 is 1. The van der Waals surface area contributed by atoms with Gasteiger partial charge >= 0.3 is 0 Å². The van der Waals surface area contributed by atoms with Crippen molar-refractivity contribution >= 4 is 11.3 Å². The van der Waals surface area contributed by atoms with Crippen LogP contribution in [0.15, 0.2) is 18.2 Å². The van der Waals surface area contributed by atoms with Gasteiger partial charge in [-0.25, -0.2) is 9.37 Å². The van der Waals surface area contributed by atoms with Gasteiger partial charge in [-0.05, 0) is 25.1 Å². The molecule has 0 radical (unpaired) electrons. The molecule has 5 heteroatoms. The number of nitrogens with zero attached hydrogens (tertiary/aromatic N) is 1. The van der Waals surface area contributed by atoms with E-state index < -0.39 is 0 Å². The molecule has 2 aromatic rings. The number of halogens is 1. The third kappa shape index (κ3) is 2.30. The molecule has 0 fully saturated rings. The number of hydrogen-bond acceptors (Lipinski definition) is 4. The van der Waals surface area contributed by atoms with Crippen LogP contribution in [-0.2, 0) is 6.54 Å². The minimum Gasteiger partial charge on any atom is -0.494 e. The third-order valence-electron chi connectivity index (χ3n) is 2.48. The van der Waals surface area contributed by atoms with E-state index in [2.05, 4.69) is 4.98 Å². The van der Waals surface area contributed by atoms with Crippen molar-refractivity contribution in [3.05, 3.63) is 34.6 Å². The van der Waals surface area contributed by atoms with Gasteiger partial charge in [-0.3, -0.25) is 0 Å². The van der Waals surface area contributed by atoms with Gasteiger partial charge in [0.2, 0.25) is 0 Å². The zero-order valence-electron chi connectivity index (χ0n) is 9.66. The van der Waals surface area contributed by atoms with Crippen molar-refractivity contribution in [3.8, 4) is 16.3 Å². The van der Waals surface area contributed by atoms with Crippen molar-refractivity contribution in [3.63, 3.8) is 0 Å². The maximum Gasteiger partial charge on any atom is 0.165 e. The summed E-state index contributed by atoms with van der Waals surface area (Å²) in [6.45, 7) is 2.37. The molecule has 3 nitrogen and oxygen atoms in total. The predicted molar refractivity (Wildman–Crippen MR) is 66.7 cm³/mol. The first-order valence-corrected chi connectivity index (χ1v) is 5.97. The quantitative estimate of drug-likeness (QED) is 0.913. The zero-order chi connectivity index (χ0) is 12.4. The van der Waals surface area contributed by atoms with Crippen LogP contribution in [0.1, 0.15) is 10.6 Å². The topological polar surface area (TPSA) is 48.1 Å². The Balaban J connectivity index is 2.42. The number of nitrogens with two attached hydrogens (primary N) is 1. The van der Waals surface area contributed by atoms with Crippen LogP contribution in [0.2, 0.25) is 0 Å². The van der Waals surface area contributed by atoms with Gasteiger partial charge < -0.3 is 10.5 Å². The Bertz CT molecular complexity index is 539. The molecule has 1 heterocycles. The summed E-state index contributed by atoms with van der Waals surface area (Å²) in [5, 5.41) is 0.782. The highest BCUT2D eigenvalue weighted by atomic mass is 32.1. The lowest BCUT2D eigenvalue weighted by atomic mass is 10.2. The number of hydrogen-bond donors (Lipinski definition) is 1. The fourth-order valence-corrected chi connectivity index (χ4v) is 2.48. The minimum atomic E-state index is -0.382. The van der Waals surface area contributed by atoms with Gasteiger partial charge in [-0.2, -0.15) is 0 Å². The second-order valence-electron chi connectivity index (χ2n) is 3.58. The highest BCUT2D eigenvalue weighted by Gasteiger charge is 2.10. The number of benzene rings is 1. The molecule has 1 aromatic carbocycles. The van der Waals surface area contributed by atoms with Crippen molar-refractivity contribution in [1.82, 2.24) is 4.98 Å². The SMILES string of the molecule is COc1ccc(-c2nc(C)c(CN)s2)cc1F. The van der Waals surface area contributed by atoms with Crippen molar-refractivity contribution in [2.75, 3.05) is 7.11 Å². The Morgan fingerprint density at radius 3 is 2.76 bits per heavy atom. The maximum absolute atomic E-state index is 13.6. The Labute approximate surface area is 103 Å². The summed E-state index contributed by atoms with van der Waals surface area (Å²) < 4.78 is 18.4. The summed E-state index contributed by atoms with van der Waals surface area (Å²) in [7, 11) is 1.44. The molecule has 0 aliphatic carbocycles. The Morgan fingerprint density at radius 2 is 2.24 bits per heavy atom. The van der Waals surface area contributed by atoms with E-state index in [1.165, 1.54) is 24.5 Å². The average molecular weight is 252 g/mol. The smallest absolute Gasteiger partial charge is 0.165 e. The second-order valence-corrected chi connectivity index (χ2v) is 4.66. The van der Waals surface area contributed by atoms with E-state index in [0.29, 0.717) is 6.54 Å². The lowest BCUT2D eigenvalue weighted by molar-refractivity contribution is 0.386. The fourth-order valence-electron chi connectivity index (χ4n) is 1.54. The molecule has 0 bridgehead atoms. The molecule has 0 atom stereocenters. The van der Waals surface area contributed by atoms with Gasteiger partial charge in [0.1, 0.15) is 5.01 Å². The normalized spacial score (nSPS) is 10.6. The minimum absolute atomic E-state index is 0.237. The van der Waals surface area contributed by atoms with Crippen LogP contribution in [0, 0.1) is 12.7 Å². The van der Waals surface area contributed by atoms with Crippen molar-refractivity contribution in [1.29, 1.82) is 0 Å². The van der Waals surface area contributed by atoms with Gasteiger partial charge in [0.15, 0.2) is 11.6 Å². The van der Waals surface area contributed by atoms with E-state index in [-0.39, 0.29) is 11.6 Å². The van der Waals surface area contributed by atoms with Crippen LogP contribution in [0.3, 0.4) is 0 Å². The van der Waals surface area contributed by atoms with Crippen LogP contribution in [0.5, 0.6) is 5.75 Å². The molecule has 2 rings (SSSR count). The number of aromatic nitrogens is 1. The molecule has 0 unspecified atom stereocenters. The predicted octanol–water partition coefficient (Wildman–Crippen LogP) is 2.72. The van der Waals surface area contributed by atoms with E-state index >= 15 is 0 Å². The van der Waals surface area contributed by atoms with Crippen LogP contribution >= 0.6 is 11.3 Å². The molecule has 1 aromatic heterocycles. The number of thiazole rings is 1. The molecule has 0 saturated carbocycles.